The fourth-order valence-electron chi connectivity index (χ4n) is 5.55. The summed E-state index contributed by atoms with van der Waals surface area (Å²) in [6.07, 6.45) is 4.93. The maximum absolute atomic E-state index is 12.9. The summed E-state index contributed by atoms with van der Waals surface area (Å²) in [6.45, 7) is 1.62. The topological polar surface area (TPSA) is 115 Å². The molecule has 0 unspecified atom stereocenters. The number of amides is 2. The second kappa shape index (κ2) is 11.1. The quantitative estimate of drug-likeness (QED) is 0.197. The molecule has 1 fully saturated rings. The summed E-state index contributed by atoms with van der Waals surface area (Å²) in [5.74, 6) is -0.377. The third kappa shape index (κ3) is 5.45. The molecule has 0 aliphatic carbocycles. The van der Waals surface area contributed by atoms with Gasteiger partial charge in [0.25, 0.3) is 11.8 Å². The highest BCUT2D eigenvalue weighted by atomic mass is 16.3. The molecule has 0 radical (unpaired) electrons. The lowest BCUT2D eigenvalue weighted by molar-refractivity contribution is 0.101. The molecule has 0 bridgehead atoms. The highest BCUT2D eigenvalue weighted by Crippen LogP contribution is 2.25. The number of rotatable bonds is 6. The smallest absolute Gasteiger partial charge is 0.255 e. The van der Waals surface area contributed by atoms with Gasteiger partial charge in [0.15, 0.2) is 0 Å². The summed E-state index contributed by atoms with van der Waals surface area (Å²) in [5.41, 5.74) is 6.23. The summed E-state index contributed by atoms with van der Waals surface area (Å²) in [5, 5.41) is 22.2. The Morgan fingerprint density at radius 2 is 1.37 bits per heavy atom. The van der Waals surface area contributed by atoms with Crippen molar-refractivity contribution in [1.29, 1.82) is 0 Å². The van der Waals surface area contributed by atoms with Gasteiger partial charge in [-0.15, -0.1) is 0 Å². The number of nitrogens with zero attached hydrogens (tertiary/aromatic N) is 3. The van der Waals surface area contributed by atoms with E-state index in [-0.39, 0.29) is 17.9 Å². The molecule has 3 heterocycles. The molecule has 9 heteroatoms. The molecule has 0 spiro atoms. The first-order chi connectivity index (χ1) is 21.0. The van der Waals surface area contributed by atoms with Gasteiger partial charge in [0.1, 0.15) is 0 Å². The van der Waals surface area contributed by atoms with Crippen LogP contribution in [0, 0.1) is 0 Å². The van der Waals surface area contributed by atoms with Crippen LogP contribution in [0.5, 0.6) is 0 Å². The molecular weight excluding hydrogens is 540 g/mol. The minimum absolute atomic E-state index is 0.186. The summed E-state index contributed by atoms with van der Waals surface area (Å²) < 4.78 is 1.81. The van der Waals surface area contributed by atoms with Crippen molar-refractivity contribution in [3.8, 4) is 5.69 Å². The molecule has 4 aromatic carbocycles. The Morgan fingerprint density at radius 3 is 2.07 bits per heavy atom. The number of carbonyl (C=O) groups excluding carboxylic acids is 2. The third-order valence-electron chi connectivity index (χ3n) is 7.97. The Balaban J connectivity index is 1.01. The highest BCUT2D eigenvalue weighted by molar-refractivity contribution is 6.06. The average Bonchev–Trinajstić information content (AvgIpc) is 3.68. The second-order valence-electron chi connectivity index (χ2n) is 10.8. The highest BCUT2D eigenvalue weighted by Gasteiger charge is 2.18. The molecule has 214 valence electrons. The van der Waals surface area contributed by atoms with Gasteiger partial charge in [-0.2, -0.15) is 5.10 Å². The van der Waals surface area contributed by atoms with Gasteiger partial charge in [-0.1, -0.05) is 6.07 Å². The van der Waals surface area contributed by atoms with E-state index < -0.39 is 0 Å². The lowest BCUT2D eigenvalue weighted by Crippen LogP contribution is -2.35. The van der Waals surface area contributed by atoms with Gasteiger partial charge in [-0.3, -0.25) is 9.59 Å². The first kappa shape index (κ1) is 26.5. The zero-order chi connectivity index (χ0) is 29.3. The maximum Gasteiger partial charge on any atom is 0.255 e. The van der Waals surface area contributed by atoms with E-state index in [1.54, 1.807) is 23.0 Å². The van der Waals surface area contributed by atoms with E-state index in [9.17, 15) is 14.7 Å². The predicted molar refractivity (Wildman–Crippen MR) is 169 cm³/mol. The maximum atomic E-state index is 12.9. The molecule has 1 aliphatic rings. The van der Waals surface area contributed by atoms with Crippen molar-refractivity contribution in [2.45, 2.75) is 18.9 Å². The number of fused-ring (bicyclic) bond motifs is 2. The van der Waals surface area contributed by atoms with Crippen LogP contribution in [0.1, 0.15) is 33.6 Å². The van der Waals surface area contributed by atoms with Crippen molar-refractivity contribution < 1.29 is 14.7 Å². The fourth-order valence-corrected chi connectivity index (χ4v) is 5.55. The zero-order valence-electron chi connectivity index (χ0n) is 23.3. The Kier molecular flexibility index (Phi) is 6.84. The Hall–Kier alpha value is -5.41. The molecule has 1 saturated heterocycles. The Morgan fingerprint density at radius 1 is 0.744 bits per heavy atom. The van der Waals surface area contributed by atoms with Crippen molar-refractivity contribution in [2.24, 2.45) is 0 Å². The van der Waals surface area contributed by atoms with Crippen molar-refractivity contribution >= 4 is 50.7 Å². The van der Waals surface area contributed by atoms with Gasteiger partial charge in [0, 0.05) is 58.4 Å². The van der Waals surface area contributed by atoms with Crippen LogP contribution >= 0.6 is 0 Å². The van der Waals surface area contributed by atoms with Gasteiger partial charge in [-0.25, -0.2) is 4.68 Å². The van der Waals surface area contributed by atoms with Gasteiger partial charge in [0.2, 0.25) is 0 Å². The first-order valence-corrected chi connectivity index (χ1v) is 14.3. The minimum atomic E-state index is -0.221. The fraction of sp³-hybridized carbons (Fsp3) is 0.147. The first-order valence-electron chi connectivity index (χ1n) is 14.3. The zero-order valence-corrected chi connectivity index (χ0v) is 23.3. The number of piperidine rings is 1. The van der Waals surface area contributed by atoms with Gasteiger partial charge < -0.3 is 25.6 Å². The molecule has 4 N–H and O–H groups in total. The largest absolute Gasteiger partial charge is 0.393 e. The second-order valence-corrected chi connectivity index (χ2v) is 10.8. The number of aromatic amines is 1. The molecule has 2 aromatic heterocycles. The number of aliphatic hydroxyl groups excluding tert-OH is 1. The Bertz CT molecular complexity index is 1930. The molecule has 9 nitrogen and oxygen atoms in total. The number of aromatic nitrogens is 3. The van der Waals surface area contributed by atoms with E-state index in [1.807, 2.05) is 85.1 Å². The lowest BCUT2D eigenvalue weighted by Gasteiger charge is -2.31. The summed E-state index contributed by atoms with van der Waals surface area (Å²) in [7, 11) is 0. The van der Waals surface area contributed by atoms with Crippen LogP contribution in [0.3, 0.4) is 0 Å². The van der Waals surface area contributed by atoms with Crippen LogP contribution in [0.4, 0.5) is 17.1 Å². The normalized spacial score (nSPS) is 13.8. The number of anilines is 3. The molecule has 6 aromatic rings. The van der Waals surface area contributed by atoms with E-state index in [0.29, 0.717) is 16.8 Å². The number of hydrogen-bond acceptors (Lipinski definition) is 5. The van der Waals surface area contributed by atoms with Crippen LogP contribution in [0.2, 0.25) is 0 Å². The third-order valence-corrected chi connectivity index (χ3v) is 7.97. The standard InChI is InChI=1S/C34H30N6O3/c41-30-14-17-39(18-15-30)28-8-2-23(3-9-28)33(42)37-26-7-12-32-25(19-26)21-36-40(32)29-10-4-24(5-11-29)34(43)38-27-6-1-22-13-16-35-31(22)20-27/h1-13,16,19-21,30,35,41H,14-15,17-18H2,(H,37,42)(H,38,43). The monoisotopic (exact) mass is 570 g/mol. The molecular formula is C34H30N6O3. The van der Waals surface area contributed by atoms with Gasteiger partial charge >= 0.3 is 0 Å². The SMILES string of the molecule is O=C(Nc1ccc2c(cnn2-c2ccc(C(=O)Nc3ccc4cc[nH]c4c3)cc2)c1)c1ccc(N2CCC(O)CC2)cc1. The van der Waals surface area contributed by atoms with Crippen molar-refractivity contribution in [2.75, 3.05) is 28.6 Å². The van der Waals surface area contributed by atoms with E-state index in [0.717, 1.165) is 64.8 Å². The lowest BCUT2D eigenvalue weighted by atomic mass is 10.1. The predicted octanol–water partition coefficient (Wildman–Crippen LogP) is 5.97. The van der Waals surface area contributed by atoms with Crippen LogP contribution in [0.15, 0.2) is 103 Å². The number of hydrogen-bond donors (Lipinski definition) is 4. The average molecular weight is 571 g/mol. The van der Waals surface area contributed by atoms with Crippen LogP contribution in [0.25, 0.3) is 27.5 Å². The summed E-state index contributed by atoms with van der Waals surface area (Å²) in [6, 6.07) is 28.3. The number of aliphatic hydroxyl groups is 1. The summed E-state index contributed by atoms with van der Waals surface area (Å²) in [4.78, 5) is 31.2. The van der Waals surface area contributed by atoms with E-state index >= 15 is 0 Å². The molecule has 2 amide bonds. The van der Waals surface area contributed by atoms with E-state index in [1.165, 1.54) is 0 Å². The van der Waals surface area contributed by atoms with Crippen LogP contribution in [-0.4, -0.2) is 50.9 Å². The number of carbonyl (C=O) groups is 2. The molecule has 0 atom stereocenters. The number of nitrogens with one attached hydrogen (secondary N) is 3. The minimum Gasteiger partial charge on any atom is -0.393 e. The number of benzene rings is 4. The van der Waals surface area contributed by atoms with Crippen molar-refractivity contribution in [1.82, 2.24) is 14.8 Å². The van der Waals surface area contributed by atoms with Crippen molar-refractivity contribution in [3.05, 3.63) is 115 Å². The molecule has 43 heavy (non-hydrogen) atoms. The Labute approximate surface area is 247 Å². The van der Waals surface area contributed by atoms with Crippen LogP contribution in [-0.2, 0) is 0 Å². The van der Waals surface area contributed by atoms with Crippen LogP contribution < -0.4 is 15.5 Å². The van der Waals surface area contributed by atoms with Crippen molar-refractivity contribution in [3.63, 3.8) is 0 Å². The molecule has 0 saturated carbocycles. The number of H-pyrrole nitrogens is 1. The summed E-state index contributed by atoms with van der Waals surface area (Å²) >= 11 is 0. The molecule has 7 rings (SSSR count). The van der Waals surface area contributed by atoms with Gasteiger partial charge in [0.05, 0.1) is 23.5 Å². The van der Waals surface area contributed by atoms with Gasteiger partial charge in [-0.05, 0) is 103 Å². The van der Waals surface area contributed by atoms with E-state index in [4.69, 9.17) is 0 Å². The molecule has 1 aliphatic heterocycles. The van der Waals surface area contributed by atoms with E-state index in [2.05, 4.69) is 25.6 Å².